The third-order valence-electron chi connectivity index (χ3n) is 6.36. The minimum absolute atomic E-state index is 0.0246. The second-order valence-electron chi connectivity index (χ2n) is 9.72. The molecule has 1 heterocycles. The highest BCUT2D eigenvalue weighted by molar-refractivity contribution is 8.00. The number of amides is 5. The lowest BCUT2D eigenvalue weighted by atomic mass is 10.0. The van der Waals surface area contributed by atoms with Gasteiger partial charge in [-0.05, 0) is 49.6 Å². The molecule has 0 spiro atoms. The molecule has 0 saturated carbocycles. The minimum Gasteiger partial charge on any atom is -0.344 e. The number of hydrogen-bond donors (Lipinski definition) is 3. The largest absolute Gasteiger partial charge is 0.344 e. The molecule has 1 fully saturated rings. The monoisotopic (exact) mass is 532 g/mol. The quantitative estimate of drug-likeness (QED) is 0.250. The Morgan fingerprint density at radius 1 is 1.03 bits per heavy atom. The van der Waals surface area contributed by atoms with Gasteiger partial charge in [0.05, 0.1) is 5.25 Å². The van der Waals surface area contributed by atoms with E-state index >= 15 is 0 Å². The Morgan fingerprint density at radius 3 is 2.27 bits per heavy atom. The van der Waals surface area contributed by atoms with Crippen LogP contribution in [0.15, 0.2) is 24.3 Å². The van der Waals surface area contributed by atoms with Crippen molar-refractivity contribution >= 4 is 47.0 Å². The Balaban J connectivity index is 1.85. The van der Waals surface area contributed by atoms with Crippen LogP contribution in [0.25, 0.3) is 0 Å². The van der Waals surface area contributed by atoms with E-state index in [0.29, 0.717) is 5.69 Å². The van der Waals surface area contributed by atoms with Crippen LogP contribution in [-0.2, 0) is 30.4 Å². The summed E-state index contributed by atoms with van der Waals surface area (Å²) in [5.41, 5.74) is 1.86. The number of nitrogens with one attached hydrogen (secondary N) is 3. The van der Waals surface area contributed by atoms with Crippen LogP contribution < -0.4 is 16.0 Å². The van der Waals surface area contributed by atoms with Gasteiger partial charge in [0.15, 0.2) is 0 Å². The fourth-order valence-corrected chi connectivity index (χ4v) is 4.66. The van der Waals surface area contributed by atoms with Gasteiger partial charge in [-0.25, -0.2) is 0 Å². The first-order valence-electron chi connectivity index (χ1n) is 12.9. The third-order valence-corrected chi connectivity index (χ3v) is 7.30. The Kier molecular flexibility index (Phi) is 12.1. The summed E-state index contributed by atoms with van der Waals surface area (Å²) in [6.07, 6.45) is 6.29. The first-order valence-corrected chi connectivity index (χ1v) is 14.2. The van der Waals surface area contributed by atoms with Gasteiger partial charge in [0.2, 0.25) is 29.5 Å². The fourth-order valence-electron chi connectivity index (χ4n) is 4.02. The molecule has 0 aliphatic carbocycles. The number of imide groups is 1. The summed E-state index contributed by atoms with van der Waals surface area (Å²) < 4.78 is 0. The molecule has 9 nitrogen and oxygen atoms in total. The number of carbonyl (C=O) groups excluding carboxylic acids is 5. The van der Waals surface area contributed by atoms with Crippen LogP contribution in [0.2, 0.25) is 0 Å². The van der Waals surface area contributed by atoms with Crippen molar-refractivity contribution in [3.8, 4) is 0 Å². The minimum atomic E-state index is -0.867. The van der Waals surface area contributed by atoms with Crippen LogP contribution >= 0.6 is 11.8 Å². The van der Waals surface area contributed by atoms with Crippen molar-refractivity contribution < 1.29 is 24.0 Å². The van der Waals surface area contributed by atoms with Crippen LogP contribution in [-0.4, -0.2) is 64.6 Å². The van der Waals surface area contributed by atoms with Gasteiger partial charge in [0.25, 0.3) is 0 Å². The second kappa shape index (κ2) is 14.8. The van der Waals surface area contributed by atoms with Crippen LogP contribution in [0.1, 0.15) is 65.4 Å². The van der Waals surface area contributed by atoms with E-state index in [1.54, 1.807) is 27.0 Å². The zero-order valence-corrected chi connectivity index (χ0v) is 23.3. The second-order valence-corrected chi connectivity index (χ2v) is 10.8. The highest BCUT2D eigenvalue weighted by atomic mass is 32.2. The van der Waals surface area contributed by atoms with Crippen molar-refractivity contribution in [3.05, 3.63) is 29.8 Å². The fraction of sp³-hybridized carbons (Fsp3) is 0.593. The maximum atomic E-state index is 12.9. The molecule has 0 aromatic heterocycles. The number of thioether (sulfide) groups is 1. The molecule has 1 aliphatic rings. The summed E-state index contributed by atoms with van der Waals surface area (Å²) in [5.74, 6) is -2.10. The lowest BCUT2D eigenvalue weighted by molar-refractivity contribution is -0.139. The maximum absolute atomic E-state index is 12.9. The van der Waals surface area contributed by atoms with Crippen molar-refractivity contribution in [2.24, 2.45) is 5.92 Å². The Morgan fingerprint density at radius 2 is 1.70 bits per heavy atom. The maximum Gasteiger partial charge on any atom is 0.246 e. The molecule has 1 aromatic carbocycles. The molecule has 1 saturated heterocycles. The van der Waals surface area contributed by atoms with E-state index in [1.165, 1.54) is 30.2 Å². The number of rotatable bonds is 14. The Bertz CT molecular complexity index is 966. The normalized spacial score (nSPS) is 17.0. The van der Waals surface area contributed by atoms with Gasteiger partial charge in [0.1, 0.15) is 12.1 Å². The molecule has 0 radical (unpaired) electrons. The van der Waals surface area contributed by atoms with Gasteiger partial charge in [-0.15, -0.1) is 0 Å². The predicted octanol–water partition coefficient (Wildman–Crippen LogP) is 2.88. The molecular weight excluding hydrogens is 492 g/mol. The van der Waals surface area contributed by atoms with Crippen LogP contribution in [0.3, 0.4) is 0 Å². The number of anilines is 1. The van der Waals surface area contributed by atoms with Crippen molar-refractivity contribution in [3.63, 3.8) is 0 Å². The van der Waals surface area contributed by atoms with E-state index in [4.69, 9.17) is 0 Å². The number of aryl methyl sites for hydroxylation is 1. The van der Waals surface area contributed by atoms with Crippen LogP contribution in [0.5, 0.6) is 0 Å². The number of carbonyl (C=O) groups is 5. The zero-order valence-electron chi connectivity index (χ0n) is 22.5. The summed E-state index contributed by atoms with van der Waals surface area (Å²) in [4.78, 5) is 63.4. The Hall–Kier alpha value is -2.88. The molecule has 1 aromatic rings. The lowest BCUT2D eigenvalue weighted by Gasteiger charge is -2.24. The highest BCUT2D eigenvalue weighted by Gasteiger charge is 2.38. The van der Waals surface area contributed by atoms with Crippen LogP contribution in [0.4, 0.5) is 5.69 Å². The van der Waals surface area contributed by atoms with E-state index in [-0.39, 0.29) is 43.0 Å². The smallest absolute Gasteiger partial charge is 0.246 e. The van der Waals surface area contributed by atoms with Gasteiger partial charge in [-0.3, -0.25) is 28.9 Å². The van der Waals surface area contributed by atoms with E-state index < -0.39 is 29.1 Å². The van der Waals surface area contributed by atoms with Gasteiger partial charge in [-0.2, -0.15) is 11.8 Å². The van der Waals surface area contributed by atoms with Gasteiger partial charge in [-0.1, -0.05) is 45.7 Å². The molecule has 10 heteroatoms. The molecular formula is C27H40N4O5S. The SMILES string of the molecule is CCCCCc1ccc(NC(=O)[C@H](C)NC(=O)C(NC(=O)CCN2C(=O)CC(SC)C2=O)C(C)C)cc1. The standard InChI is InChI=1S/C27H40N4O5S/c1-6-7-8-9-19-10-12-20(13-11-19)29-25(34)18(4)28-26(35)24(17(2)3)30-22(32)14-15-31-23(33)16-21(37-5)27(31)36/h10-13,17-18,21,24H,6-9,14-16H2,1-5H3,(H,28,35)(H,29,34)(H,30,32)/t18-,21?,24?/m0/s1. The number of benzene rings is 1. The van der Waals surface area contributed by atoms with Crippen molar-refractivity contribution in [1.82, 2.24) is 15.5 Å². The highest BCUT2D eigenvalue weighted by Crippen LogP contribution is 2.23. The first-order chi connectivity index (χ1) is 17.6. The first kappa shape index (κ1) is 30.3. The number of likely N-dealkylation sites (tertiary alicyclic amines) is 1. The topological polar surface area (TPSA) is 125 Å². The van der Waals surface area contributed by atoms with Crippen molar-refractivity contribution in [2.45, 2.75) is 83.6 Å². The average Bonchev–Trinajstić information content (AvgIpc) is 3.14. The summed E-state index contributed by atoms with van der Waals surface area (Å²) in [5, 5.41) is 7.75. The number of unbranched alkanes of at least 4 members (excludes halogenated alkanes) is 2. The van der Waals surface area contributed by atoms with E-state index in [2.05, 4.69) is 22.9 Å². The third kappa shape index (κ3) is 9.18. The molecule has 2 rings (SSSR count). The van der Waals surface area contributed by atoms with E-state index in [1.807, 2.05) is 24.3 Å². The Labute approximate surface area is 223 Å². The summed E-state index contributed by atoms with van der Waals surface area (Å²) in [6, 6.07) is 5.99. The average molecular weight is 533 g/mol. The molecule has 37 heavy (non-hydrogen) atoms. The van der Waals surface area contributed by atoms with Crippen molar-refractivity contribution in [1.29, 1.82) is 0 Å². The molecule has 3 N–H and O–H groups in total. The summed E-state index contributed by atoms with van der Waals surface area (Å²) in [7, 11) is 0. The number of hydrogen-bond acceptors (Lipinski definition) is 6. The van der Waals surface area contributed by atoms with E-state index in [0.717, 1.165) is 17.7 Å². The molecule has 1 aliphatic heterocycles. The molecule has 3 atom stereocenters. The van der Waals surface area contributed by atoms with Gasteiger partial charge in [0, 0.05) is 25.1 Å². The molecule has 204 valence electrons. The van der Waals surface area contributed by atoms with Crippen molar-refractivity contribution in [2.75, 3.05) is 18.1 Å². The molecule has 0 bridgehead atoms. The number of nitrogens with zero attached hydrogens (tertiary/aromatic N) is 1. The summed E-state index contributed by atoms with van der Waals surface area (Å²) >= 11 is 1.31. The summed E-state index contributed by atoms with van der Waals surface area (Å²) in [6.45, 7) is 7.29. The van der Waals surface area contributed by atoms with Gasteiger partial charge >= 0.3 is 0 Å². The van der Waals surface area contributed by atoms with Crippen LogP contribution in [0, 0.1) is 5.92 Å². The van der Waals surface area contributed by atoms with Gasteiger partial charge < -0.3 is 16.0 Å². The lowest BCUT2D eigenvalue weighted by Crippen LogP contribution is -2.54. The predicted molar refractivity (Wildman–Crippen MR) is 146 cm³/mol. The molecule has 2 unspecified atom stereocenters. The zero-order chi connectivity index (χ0) is 27.5. The van der Waals surface area contributed by atoms with E-state index in [9.17, 15) is 24.0 Å². The molecule has 5 amide bonds.